The number of hydrogen-bond donors (Lipinski definition) is 1. The number of nitrogens with one attached hydrogen (secondary N) is 1. The fourth-order valence-electron chi connectivity index (χ4n) is 4.28. The summed E-state index contributed by atoms with van der Waals surface area (Å²) in [6, 6.07) is 11.3. The second-order valence-electron chi connectivity index (χ2n) is 8.35. The van der Waals surface area contributed by atoms with Crippen LogP contribution in [-0.2, 0) is 20.9 Å². The molecule has 2 aromatic rings. The first-order chi connectivity index (χ1) is 16.4. The molecule has 2 aliphatic rings. The Morgan fingerprint density at radius 1 is 1.12 bits per heavy atom. The maximum Gasteiger partial charge on any atom is 0.321 e. The Kier molecular flexibility index (Phi) is 7.13. The van der Waals surface area contributed by atoms with Gasteiger partial charge < -0.3 is 19.5 Å². The number of ether oxygens (including phenoxy) is 3. The van der Waals surface area contributed by atoms with Gasteiger partial charge in [-0.05, 0) is 54.3 Å². The summed E-state index contributed by atoms with van der Waals surface area (Å²) in [5.74, 6) is 2.17. The number of amides is 2. The van der Waals surface area contributed by atoms with Crippen molar-refractivity contribution in [1.29, 1.82) is 0 Å². The Hall–Kier alpha value is -3.04. The average Bonchev–Trinajstić information content (AvgIpc) is 2.99. The lowest BCUT2D eigenvalue weighted by Gasteiger charge is -2.24. The Morgan fingerprint density at radius 2 is 1.76 bits per heavy atom. The molecule has 0 bridgehead atoms. The van der Waals surface area contributed by atoms with Gasteiger partial charge in [0.15, 0.2) is 11.5 Å². The predicted molar refractivity (Wildman–Crippen MR) is 133 cm³/mol. The van der Waals surface area contributed by atoms with E-state index in [4.69, 9.17) is 14.2 Å². The molecule has 1 N–H and O–H groups in total. The molecule has 9 heteroatoms. The second-order valence-corrected chi connectivity index (χ2v) is 10.9. The van der Waals surface area contributed by atoms with E-state index in [0.717, 1.165) is 22.3 Å². The zero-order valence-corrected chi connectivity index (χ0v) is 20.8. The molecule has 1 saturated heterocycles. The van der Waals surface area contributed by atoms with Crippen molar-refractivity contribution < 1.29 is 23.2 Å². The molecule has 182 valence electrons. The molecule has 0 aromatic heterocycles. The van der Waals surface area contributed by atoms with Crippen molar-refractivity contribution in [2.24, 2.45) is 4.36 Å². The summed E-state index contributed by atoms with van der Waals surface area (Å²) in [4.78, 5) is 14.4. The van der Waals surface area contributed by atoms with Crippen molar-refractivity contribution in [2.75, 3.05) is 46.0 Å². The van der Waals surface area contributed by atoms with E-state index in [-0.39, 0.29) is 12.1 Å². The van der Waals surface area contributed by atoms with Gasteiger partial charge in [0, 0.05) is 24.9 Å². The molecule has 0 radical (unpaired) electrons. The number of nitrogens with zero attached hydrogens (tertiary/aromatic N) is 2. The van der Waals surface area contributed by atoms with Gasteiger partial charge in [-0.25, -0.2) is 9.00 Å². The highest BCUT2D eigenvalue weighted by molar-refractivity contribution is 7.93. The maximum absolute atomic E-state index is 13.0. The molecule has 2 heterocycles. The summed E-state index contributed by atoms with van der Waals surface area (Å²) < 4.78 is 33.9. The summed E-state index contributed by atoms with van der Waals surface area (Å²) in [5, 5.41) is 2.73. The number of carbonyl (C=O) groups is 1. The summed E-state index contributed by atoms with van der Waals surface area (Å²) in [6.45, 7) is 2.97. The molecule has 2 amide bonds. The van der Waals surface area contributed by atoms with E-state index in [1.165, 1.54) is 0 Å². The zero-order valence-electron chi connectivity index (χ0n) is 20.0. The van der Waals surface area contributed by atoms with Gasteiger partial charge in [-0.1, -0.05) is 12.1 Å². The molecule has 2 aromatic carbocycles. The highest BCUT2D eigenvalue weighted by Crippen LogP contribution is 2.39. The lowest BCUT2D eigenvalue weighted by atomic mass is 9.92. The fraction of sp³-hybridized carbons (Fsp3) is 0.400. The van der Waals surface area contributed by atoms with E-state index in [9.17, 15) is 9.00 Å². The Labute approximate surface area is 201 Å². The van der Waals surface area contributed by atoms with Crippen LogP contribution in [0.5, 0.6) is 11.5 Å². The maximum atomic E-state index is 13.0. The third-order valence-electron chi connectivity index (χ3n) is 6.15. The molecular weight excluding hydrogens is 454 g/mol. The van der Waals surface area contributed by atoms with Crippen LogP contribution < -0.4 is 14.8 Å². The minimum absolute atomic E-state index is 0.0685. The lowest BCUT2D eigenvalue weighted by Crippen LogP contribution is -2.40. The van der Waals surface area contributed by atoms with Crippen molar-refractivity contribution >= 4 is 27.0 Å². The smallest absolute Gasteiger partial charge is 0.321 e. The van der Waals surface area contributed by atoms with E-state index >= 15 is 0 Å². The number of rotatable bonds is 4. The van der Waals surface area contributed by atoms with Crippen LogP contribution in [0.3, 0.4) is 0 Å². The molecule has 0 aliphatic carbocycles. The topological polar surface area (TPSA) is 89.5 Å². The van der Waals surface area contributed by atoms with Gasteiger partial charge >= 0.3 is 6.03 Å². The monoisotopic (exact) mass is 485 g/mol. The number of urea groups is 1. The zero-order chi connectivity index (χ0) is 24.3. The largest absolute Gasteiger partial charge is 0.493 e. The second kappa shape index (κ2) is 10.1. The van der Waals surface area contributed by atoms with Crippen molar-refractivity contribution in [1.82, 2.24) is 10.2 Å². The van der Waals surface area contributed by atoms with Crippen LogP contribution in [-0.4, -0.2) is 67.2 Å². The van der Waals surface area contributed by atoms with Gasteiger partial charge in [-0.15, -0.1) is 0 Å². The van der Waals surface area contributed by atoms with Crippen LogP contribution in [0, 0.1) is 0 Å². The summed E-state index contributed by atoms with van der Waals surface area (Å²) in [5.41, 5.74) is 4.50. The quantitative estimate of drug-likeness (QED) is 0.711. The van der Waals surface area contributed by atoms with E-state index in [1.54, 1.807) is 26.2 Å². The Balaban J connectivity index is 1.81. The summed E-state index contributed by atoms with van der Waals surface area (Å²) in [7, 11) is 2.56. The van der Waals surface area contributed by atoms with E-state index in [0.29, 0.717) is 48.3 Å². The molecule has 8 nitrogen and oxygen atoms in total. The molecule has 4 rings (SSSR count). The first kappa shape index (κ1) is 24.1. The number of carbonyl (C=O) groups excluding carboxylic acids is 1. The molecule has 1 unspecified atom stereocenters. The van der Waals surface area contributed by atoms with Gasteiger partial charge in [-0.3, -0.25) is 4.90 Å². The fourth-order valence-corrected chi connectivity index (χ4v) is 5.93. The summed E-state index contributed by atoms with van der Waals surface area (Å²) >= 11 is 0. The summed E-state index contributed by atoms with van der Waals surface area (Å²) in [6.07, 6.45) is 2.53. The van der Waals surface area contributed by atoms with Crippen LogP contribution >= 0.6 is 0 Å². The highest BCUT2D eigenvalue weighted by Gasteiger charge is 2.27. The number of hydrogen-bond acceptors (Lipinski definition) is 6. The standard InChI is InChI=1S/C25H31N3O5S/c1-17-13-19-14-23(31-3)24(32-4)15-21(19)22(16-28(17)25(29)26-2)18-5-7-20(8-6-18)27-34(30)11-9-33-10-12-34/h5-8,14-17H,9-13H2,1-4H3,(H,26,29). The molecule has 0 saturated carbocycles. The molecule has 34 heavy (non-hydrogen) atoms. The average molecular weight is 486 g/mol. The van der Waals surface area contributed by atoms with E-state index in [1.807, 2.05) is 49.5 Å². The van der Waals surface area contributed by atoms with Gasteiger partial charge in [0.25, 0.3) is 0 Å². The van der Waals surface area contributed by atoms with Crippen LogP contribution in [0.15, 0.2) is 47.0 Å². The van der Waals surface area contributed by atoms with Gasteiger partial charge in [0.2, 0.25) is 0 Å². The number of fused-ring (bicyclic) bond motifs is 1. The van der Waals surface area contributed by atoms with Crippen LogP contribution in [0.4, 0.5) is 10.5 Å². The Bertz CT molecular complexity index is 1200. The highest BCUT2D eigenvalue weighted by atomic mass is 32.2. The first-order valence-electron chi connectivity index (χ1n) is 11.3. The van der Waals surface area contributed by atoms with Crippen LogP contribution in [0.25, 0.3) is 5.57 Å². The lowest BCUT2D eigenvalue weighted by molar-refractivity contribution is 0.158. The van der Waals surface area contributed by atoms with Gasteiger partial charge in [0.05, 0.1) is 54.4 Å². The van der Waals surface area contributed by atoms with Crippen molar-refractivity contribution in [3.8, 4) is 11.5 Å². The van der Waals surface area contributed by atoms with Crippen molar-refractivity contribution in [3.05, 3.63) is 59.3 Å². The Morgan fingerprint density at radius 3 is 2.38 bits per heavy atom. The normalized spacial score (nSPS) is 19.4. The number of benzene rings is 2. The van der Waals surface area contributed by atoms with Gasteiger partial charge in [-0.2, -0.15) is 4.36 Å². The van der Waals surface area contributed by atoms with Crippen molar-refractivity contribution in [3.63, 3.8) is 0 Å². The molecule has 1 fully saturated rings. The molecule has 1 atom stereocenters. The first-order valence-corrected chi connectivity index (χ1v) is 13.1. The molecule has 2 aliphatic heterocycles. The third kappa shape index (κ3) is 4.90. The van der Waals surface area contributed by atoms with E-state index < -0.39 is 9.73 Å². The molecular formula is C25H31N3O5S. The van der Waals surface area contributed by atoms with Crippen LogP contribution in [0.2, 0.25) is 0 Å². The van der Waals surface area contributed by atoms with E-state index in [2.05, 4.69) is 9.68 Å². The van der Waals surface area contributed by atoms with Crippen molar-refractivity contribution in [2.45, 2.75) is 19.4 Å². The SMILES string of the molecule is CNC(=O)N1C=C(c2ccc(N=S3(=O)CCOCC3)cc2)c2cc(OC)c(OC)cc2CC1C. The minimum Gasteiger partial charge on any atom is -0.493 e. The van der Waals surface area contributed by atoms with Crippen LogP contribution in [0.1, 0.15) is 23.6 Å². The number of methoxy groups -OCH3 is 2. The third-order valence-corrected chi connectivity index (χ3v) is 8.30. The predicted octanol–water partition coefficient (Wildman–Crippen LogP) is 3.81. The molecule has 0 spiro atoms. The van der Waals surface area contributed by atoms with Gasteiger partial charge in [0.1, 0.15) is 0 Å². The minimum atomic E-state index is -2.29.